The first-order chi connectivity index (χ1) is 15.7. The Morgan fingerprint density at radius 1 is 1.03 bits per heavy atom. The minimum atomic E-state index is -3.96. The smallest absolute Gasteiger partial charge is 0.247 e. The van der Waals surface area contributed by atoms with Gasteiger partial charge in [0.25, 0.3) is 0 Å². The molecule has 9 heteroatoms. The van der Waals surface area contributed by atoms with Gasteiger partial charge in [-0.2, -0.15) is 4.31 Å². The van der Waals surface area contributed by atoms with E-state index in [0.29, 0.717) is 10.7 Å². The van der Waals surface area contributed by atoms with Crippen molar-refractivity contribution < 1.29 is 18.0 Å². The van der Waals surface area contributed by atoms with Gasteiger partial charge >= 0.3 is 0 Å². The van der Waals surface area contributed by atoms with Gasteiger partial charge in [-0.15, -0.1) is 0 Å². The third-order valence-corrected chi connectivity index (χ3v) is 8.49. The Morgan fingerprint density at radius 3 is 2.30 bits per heavy atom. The second-order valence-corrected chi connectivity index (χ2v) is 11.2. The lowest BCUT2D eigenvalue weighted by Gasteiger charge is -2.47. The number of anilines is 1. The van der Waals surface area contributed by atoms with Crippen LogP contribution in [0, 0.1) is 0 Å². The quantitative estimate of drug-likeness (QED) is 0.695. The maximum atomic E-state index is 13.6. The molecule has 2 aliphatic rings. The zero-order chi connectivity index (χ0) is 23.6. The van der Waals surface area contributed by atoms with E-state index in [4.69, 9.17) is 11.6 Å². The molecule has 1 aliphatic heterocycles. The topological polar surface area (TPSA) is 86.8 Å². The molecule has 1 saturated carbocycles. The number of halogens is 1. The van der Waals surface area contributed by atoms with E-state index >= 15 is 0 Å². The molecular weight excluding hydrogens is 462 g/mol. The number of nitrogens with one attached hydrogen (secondary N) is 1. The van der Waals surface area contributed by atoms with E-state index < -0.39 is 21.5 Å². The van der Waals surface area contributed by atoms with E-state index in [0.717, 1.165) is 36.4 Å². The number of hydrogen-bond acceptors (Lipinski definition) is 4. The lowest BCUT2D eigenvalue weighted by molar-refractivity contribution is -0.133. The van der Waals surface area contributed by atoms with Crippen molar-refractivity contribution >= 4 is 39.1 Å². The monoisotopic (exact) mass is 489 g/mol. The van der Waals surface area contributed by atoms with Gasteiger partial charge in [0.05, 0.1) is 11.4 Å². The summed E-state index contributed by atoms with van der Waals surface area (Å²) in [4.78, 5) is 28.5. The molecule has 7 nitrogen and oxygen atoms in total. The van der Waals surface area contributed by atoms with Crippen LogP contribution >= 0.6 is 11.6 Å². The van der Waals surface area contributed by atoms with Crippen LogP contribution in [0.25, 0.3) is 0 Å². The van der Waals surface area contributed by atoms with Crippen molar-refractivity contribution in [1.29, 1.82) is 0 Å². The van der Waals surface area contributed by atoms with Gasteiger partial charge in [0.15, 0.2) is 0 Å². The number of nitrogens with zero attached hydrogens (tertiary/aromatic N) is 2. The molecule has 2 aromatic carbocycles. The minimum absolute atomic E-state index is 0.0198. The van der Waals surface area contributed by atoms with Crippen LogP contribution in [0.2, 0.25) is 5.02 Å². The molecule has 176 valence electrons. The summed E-state index contributed by atoms with van der Waals surface area (Å²) in [7, 11) is -3.96. The van der Waals surface area contributed by atoms with Crippen molar-refractivity contribution in [3.63, 3.8) is 0 Å². The minimum Gasteiger partial charge on any atom is -0.351 e. The Hall–Kier alpha value is -2.42. The van der Waals surface area contributed by atoms with Gasteiger partial charge < -0.3 is 5.32 Å². The number of carbonyl (C=O) groups is 2. The van der Waals surface area contributed by atoms with Crippen LogP contribution in [0.4, 0.5) is 5.69 Å². The molecule has 33 heavy (non-hydrogen) atoms. The summed E-state index contributed by atoms with van der Waals surface area (Å²) in [6.07, 6.45) is 4.97. The van der Waals surface area contributed by atoms with Crippen LogP contribution in [0.3, 0.4) is 0 Å². The highest BCUT2D eigenvalue weighted by Gasteiger charge is 2.51. The maximum Gasteiger partial charge on any atom is 0.247 e. The first kappa shape index (κ1) is 23.7. The zero-order valence-corrected chi connectivity index (χ0v) is 20.1. The number of hydrogen-bond donors (Lipinski definition) is 1. The predicted octanol–water partition coefficient (Wildman–Crippen LogP) is 3.59. The number of sulfonamides is 1. The van der Waals surface area contributed by atoms with Crippen molar-refractivity contribution in [3.8, 4) is 0 Å². The fourth-order valence-corrected chi connectivity index (χ4v) is 6.29. The van der Waals surface area contributed by atoms with E-state index in [2.05, 4.69) is 5.32 Å². The van der Waals surface area contributed by atoms with Gasteiger partial charge in [-0.3, -0.25) is 14.5 Å². The van der Waals surface area contributed by atoms with E-state index in [1.165, 1.54) is 17.0 Å². The Balaban J connectivity index is 1.71. The number of rotatable bonds is 5. The standard InChI is InChI=1S/C24H28ClN3O4S/c1-24(23(30)26-19-8-4-2-5-9-19)17-27(33(31,32)21-10-6-3-7-11-21)16-22(29)28(24)20-14-12-18(25)13-15-20/h3,6-7,10-15,19H,2,4-5,8-9,16-17H2,1H3,(H,26,30)/t24-/m1/s1. The average molecular weight is 490 g/mol. The SMILES string of the molecule is C[C@]1(C(=O)NC2CCCCC2)CN(S(=O)(=O)c2ccccc2)CC(=O)N1c1ccc(Cl)cc1. The molecule has 0 unspecified atom stereocenters. The highest BCUT2D eigenvalue weighted by atomic mass is 35.5. The molecule has 2 aromatic rings. The largest absolute Gasteiger partial charge is 0.351 e. The molecule has 0 radical (unpaired) electrons. The molecule has 1 heterocycles. The third-order valence-electron chi connectivity index (χ3n) is 6.43. The summed E-state index contributed by atoms with van der Waals surface area (Å²) in [6, 6.07) is 14.6. The van der Waals surface area contributed by atoms with Crippen molar-refractivity contribution in [2.45, 2.75) is 55.5 Å². The van der Waals surface area contributed by atoms with Gasteiger partial charge in [0, 0.05) is 23.3 Å². The molecule has 4 rings (SSSR count). The van der Waals surface area contributed by atoms with Crippen LogP contribution < -0.4 is 10.2 Å². The van der Waals surface area contributed by atoms with Crippen molar-refractivity contribution in [1.82, 2.24) is 9.62 Å². The number of piperazine rings is 1. The van der Waals surface area contributed by atoms with Crippen molar-refractivity contribution in [2.75, 3.05) is 18.0 Å². The second kappa shape index (κ2) is 9.44. The van der Waals surface area contributed by atoms with Crippen LogP contribution in [0.15, 0.2) is 59.5 Å². The third kappa shape index (κ3) is 4.78. The summed E-state index contributed by atoms with van der Waals surface area (Å²) in [5, 5.41) is 3.60. The fourth-order valence-electron chi connectivity index (χ4n) is 4.66. The molecule has 0 bridgehead atoms. The van der Waals surface area contributed by atoms with Gasteiger partial charge in [0.1, 0.15) is 5.54 Å². The average Bonchev–Trinajstić information content (AvgIpc) is 2.81. The van der Waals surface area contributed by atoms with E-state index in [-0.39, 0.29) is 29.9 Å². The van der Waals surface area contributed by atoms with E-state index in [1.807, 2.05) is 0 Å². The maximum absolute atomic E-state index is 13.6. The summed E-state index contributed by atoms with van der Waals surface area (Å²) < 4.78 is 27.8. The van der Waals surface area contributed by atoms with Crippen molar-refractivity contribution in [3.05, 3.63) is 59.6 Å². The molecule has 0 aromatic heterocycles. The summed E-state index contributed by atoms with van der Waals surface area (Å²) >= 11 is 6.03. The first-order valence-corrected chi connectivity index (χ1v) is 13.0. The van der Waals surface area contributed by atoms with Crippen LogP contribution in [-0.4, -0.2) is 49.2 Å². The fraction of sp³-hybridized carbons (Fsp3) is 0.417. The van der Waals surface area contributed by atoms with Crippen LogP contribution in [-0.2, 0) is 19.6 Å². The molecule has 2 amide bonds. The second-order valence-electron chi connectivity index (χ2n) is 8.87. The highest BCUT2D eigenvalue weighted by Crippen LogP contribution is 2.33. The highest BCUT2D eigenvalue weighted by molar-refractivity contribution is 7.89. The Morgan fingerprint density at radius 2 is 1.67 bits per heavy atom. The molecule has 2 fully saturated rings. The Labute approximate surface area is 199 Å². The lowest BCUT2D eigenvalue weighted by Crippen LogP contribution is -2.70. The number of benzene rings is 2. The zero-order valence-electron chi connectivity index (χ0n) is 18.5. The number of carbonyl (C=O) groups excluding carboxylic acids is 2. The molecule has 1 atom stereocenters. The molecule has 1 aliphatic carbocycles. The Kier molecular flexibility index (Phi) is 6.79. The van der Waals surface area contributed by atoms with E-state index in [9.17, 15) is 18.0 Å². The summed E-state index contributed by atoms with van der Waals surface area (Å²) in [6.45, 7) is 1.12. The molecule has 0 spiro atoms. The predicted molar refractivity (Wildman–Crippen MR) is 128 cm³/mol. The summed E-state index contributed by atoms with van der Waals surface area (Å²) in [5.41, 5.74) is -0.926. The lowest BCUT2D eigenvalue weighted by atomic mass is 9.91. The number of amides is 2. The van der Waals surface area contributed by atoms with Crippen molar-refractivity contribution in [2.24, 2.45) is 0 Å². The van der Waals surface area contributed by atoms with Crippen LogP contribution in [0.5, 0.6) is 0 Å². The van der Waals surface area contributed by atoms with E-state index in [1.54, 1.807) is 49.4 Å². The molecule has 1 saturated heterocycles. The van der Waals surface area contributed by atoms with Crippen LogP contribution in [0.1, 0.15) is 39.0 Å². The molecular formula is C24H28ClN3O4S. The Bertz CT molecular complexity index is 1120. The van der Waals surface area contributed by atoms with Gasteiger partial charge in [0.2, 0.25) is 21.8 Å². The van der Waals surface area contributed by atoms with Gasteiger partial charge in [-0.1, -0.05) is 49.1 Å². The normalized spacial score (nSPS) is 22.8. The first-order valence-electron chi connectivity index (χ1n) is 11.2. The summed E-state index contributed by atoms with van der Waals surface area (Å²) in [5.74, 6) is -0.824. The van der Waals surface area contributed by atoms with Gasteiger partial charge in [-0.05, 0) is 56.2 Å². The molecule has 1 N–H and O–H groups in total. The van der Waals surface area contributed by atoms with Gasteiger partial charge in [-0.25, -0.2) is 8.42 Å².